The standard InChI is InChI=1S/C24H18Cl2N2O3S/c1-3-11-31-23(30)20-14(2)27-24-28(21(20)15-7-5-4-6-8-15)22(29)19(32-24)12-16-9-10-17(25)13-18(16)26/h3-10,12-13,21H,1,11H2,2H3/b19-12-/t21-/m1/s1. The summed E-state index contributed by atoms with van der Waals surface area (Å²) >= 11 is 13.5. The van der Waals surface area contributed by atoms with Crippen LogP contribution in [0.4, 0.5) is 0 Å². The van der Waals surface area contributed by atoms with E-state index in [4.69, 9.17) is 27.9 Å². The molecular weight excluding hydrogens is 467 g/mol. The van der Waals surface area contributed by atoms with Gasteiger partial charge in [-0.05, 0) is 36.3 Å². The molecule has 2 aromatic carbocycles. The van der Waals surface area contributed by atoms with Crippen molar-refractivity contribution < 1.29 is 9.53 Å². The van der Waals surface area contributed by atoms with Gasteiger partial charge in [-0.3, -0.25) is 9.36 Å². The number of carbonyl (C=O) groups excluding carboxylic acids is 1. The molecule has 0 aliphatic carbocycles. The maximum absolute atomic E-state index is 13.5. The lowest BCUT2D eigenvalue weighted by Crippen LogP contribution is -2.39. The largest absolute Gasteiger partial charge is 0.458 e. The Bertz CT molecular complexity index is 1420. The number of esters is 1. The van der Waals surface area contributed by atoms with Crippen LogP contribution in [0, 0.1) is 0 Å². The number of benzene rings is 2. The van der Waals surface area contributed by atoms with Gasteiger partial charge in [0.1, 0.15) is 6.61 Å². The van der Waals surface area contributed by atoms with E-state index in [1.165, 1.54) is 22.0 Å². The number of allylic oxidation sites excluding steroid dienone is 1. The molecule has 1 aromatic heterocycles. The van der Waals surface area contributed by atoms with Gasteiger partial charge in [-0.25, -0.2) is 9.79 Å². The van der Waals surface area contributed by atoms with E-state index in [1.54, 1.807) is 31.2 Å². The number of hydrogen-bond donors (Lipinski definition) is 0. The van der Waals surface area contributed by atoms with Crippen LogP contribution in [0.15, 0.2) is 82.2 Å². The number of carbonyl (C=O) groups is 1. The Morgan fingerprint density at radius 2 is 2.00 bits per heavy atom. The number of rotatable bonds is 5. The zero-order chi connectivity index (χ0) is 22.8. The first-order valence-electron chi connectivity index (χ1n) is 9.71. The molecule has 0 N–H and O–H groups in total. The van der Waals surface area contributed by atoms with Crippen molar-refractivity contribution >= 4 is 46.6 Å². The minimum Gasteiger partial charge on any atom is -0.458 e. The van der Waals surface area contributed by atoms with Crippen molar-refractivity contribution in [3.63, 3.8) is 0 Å². The zero-order valence-electron chi connectivity index (χ0n) is 17.0. The summed E-state index contributed by atoms with van der Waals surface area (Å²) in [5.74, 6) is -0.532. The fourth-order valence-corrected chi connectivity index (χ4v) is 5.01. The average Bonchev–Trinajstić information content (AvgIpc) is 3.08. The molecule has 0 amide bonds. The minimum absolute atomic E-state index is 0.0661. The van der Waals surface area contributed by atoms with Gasteiger partial charge in [0, 0.05) is 10.0 Å². The van der Waals surface area contributed by atoms with Crippen molar-refractivity contribution in [2.24, 2.45) is 4.99 Å². The molecule has 1 atom stereocenters. The Morgan fingerprint density at radius 3 is 2.69 bits per heavy atom. The molecular formula is C24H18Cl2N2O3S. The molecule has 8 heteroatoms. The molecule has 1 aliphatic rings. The molecule has 0 bridgehead atoms. The number of hydrogen-bond acceptors (Lipinski definition) is 5. The molecule has 0 radical (unpaired) electrons. The van der Waals surface area contributed by atoms with E-state index in [0.717, 1.165) is 5.56 Å². The summed E-state index contributed by atoms with van der Waals surface area (Å²) in [6.45, 7) is 5.40. The smallest absolute Gasteiger partial charge is 0.338 e. The maximum Gasteiger partial charge on any atom is 0.338 e. The highest BCUT2D eigenvalue weighted by atomic mass is 35.5. The highest BCUT2D eigenvalue weighted by molar-refractivity contribution is 7.07. The predicted octanol–water partition coefficient (Wildman–Crippen LogP) is 4.27. The van der Waals surface area contributed by atoms with E-state index >= 15 is 0 Å². The van der Waals surface area contributed by atoms with Crippen LogP contribution in [0.3, 0.4) is 0 Å². The predicted molar refractivity (Wildman–Crippen MR) is 128 cm³/mol. The van der Waals surface area contributed by atoms with Crippen molar-refractivity contribution in [2.75, 3.05) is 6.61 Å². The molecule has 1 aliphatic heterocycles. The fourth-order valence-electron chi connectivity index (χ4n) is 3.51. The molecule has 32 heavy (non-hydrogen) atoms. The first-order valence-corrected chi connectivity index (χ1v) is 11.3. The second-order valence-corrected chi connectivity index (χ2v) is 8.90. The molecule has 0 fully saturated rings. The number of fused-ring (bicyclic) bond motifs is 1. The third-order valence-corrected chi connectivity index (χ3v) is 6.48. The minimum atomic E-state index is -0.660. The summed E-state index contributed by atoms with van der Waals surface area (Å²) in [7, 11) is 0. The highest BCUT2D eigenvalue weighted by Crippen LogP contribution is 2.30. The molecule has 2 heterocycles. The van der Waals surface area contributed by atoms with Crippen LogP contribution in [0.2, 0.25) is 10.0 Å². The van der Waals surface area contributed by atoms with Gasteiger partial charge in [0.2, 0.25) is 0 Å². The lowest BCUT2D eigenvalue weighted by molar-refractivity contribution is -0.138. The second-order valence-electron chi connectivity index (χ2n) is 7.05. The van der Waals surface area contributed by atoms with Crippen LogP contribution in [-0.4, -0.2) is 17.1 Å². The van der Waals surface area contributed by atoms with Crippen LogP contribution in [0.25, 0.3) is 6.08 Å². The van der Waals surface area contributed by atoms with Gasteiger partial charge in [0.25, 0.3) is 5.56 Å². The van der Waals surface area contributed by atoms with Gasteiger partial charge in [0.15, 0.2) is 4.80 Å². The van der Waals surface area contributed by atoms with Crippen molar-refractivity contribution in [3.8, 4) is 0 Å². The molecule has 5 nitrogen and oxygen atoms in total. The van der Waals surface area contributed by atoms with Crippen molar-refractivity contribution in [1.29, 1.82) is 0 Å². The number of ether oxygens (including phenoxy) is 1. The Hall–Kier alpha value is -2.93. The lowest BCUT2D eigenvalue weighted by atomic mass is 9.96. The Kier molecular flexibility index (Phi) is 6.46. The monoisotopic (exact) mass is 484 g/mol. The maximum atomic E-state index is 13.5. The van der Waals surface area contributed by atoms with Gasteiger partial charge in [0.05, 0.1) is 21.8 Å². The summed E-state index contributed by atoms with van der Waals surface area (Å²) < 4.78 is 7.29. The fraction of sp³-hybridized carbons (Fsp3) is 0.125. The zero-order valence-corrected chi connectivity index (χ0v) is 19.4. The molecule has 0 saturated carbocycles. The lowest BCUT2D eigenvalue weighted by Gasteiger charge is -2.24. The third-order valence-electron chi connectivity index (χ3n) is 4.94. The Labute approximate surface area is 198 Å². The number of nitrogens with zero attached hydrogens (tertiary/aromatic N) is 2. The van der Waals surface area contributed by atoms with Gasteiger partial charge in [-0.1, -0.05) is 83.6 Å². The summed E-state index contributed by atoms with van der Waals surface area (Å²) in [6, 6.07) is 13.8. The van der Waals surface area contributed by atoms with E-state index in [2.05, 4.69) is 11.6 Å². The van der Waals surface area contributed by atoms with Crippen LogP contribution < -0.4 is 14.9 Å². The topological polar surface area (TPSA) is 60.7 Å². The molecule has 4 rings (SSSR count). The van der Waals surface area contributed by atoms with Crippen LogP contribution in [0.5, 0.6) is 0 Å². The quantitative estimate of drug-likeness (QED) is 0.401. The average molecular weight is 485 g/mol. The number of aromatic nitrogens is 1. The van der Waals surface area contributed by atoms with Gasteiger partial charge >= 0.3 is 5.97 Å². The van der Waals surface area contributed by atoms with Gasteiger partial charge in [-0.2, -0.15) is 0 Å². The van der Waals surface area contributed by atoms with E-state index in [9.17, 15) is 9.59 Å². The van der Waals surface area contributed by atoms with Crippen molar-refractivity contribution in [2.45, 2.75) is 13.0 Å². The van der Waals surface area contributed by atoms with Crippen molar-refractivity contribution in [1.82, 2.24) is 4.57 Å². The highest BCUT2D eigenvalue weighted by Gasteiger charge is 2.33. The van der Waals surface area contributed by atoms with E-state index < -0.39 is 12.0 Å². The molecule has 0 spiro atoms. The van der Waals surface area contributed by atoms with E-state index in [1.807, 2.05) is 30.3 Å². The molecule has 3 aromatic rings. The summed E-state index contributed by atoms with van der Waals surface area (Å²) in [6.07, 6.45) is 3.20. The number of thiazole rings is 1. The van der Waals surface area contributed by atoms with Crippen molar-refractivity contribution in [3.05, 3.63) is 113 Å². The van der Waals surface area contributed by atoms with Crippen LogP contribution >= 0.6 is 34.5 Å². The Morgan fingerprint density at radius 1 is 1.25 bits per heavy atom. The first kappa shape index (κ1) is 22.3. The van der Waals surface area contributed by atoms with Crippen LogP contribution in [-0.2, 0) is 9.53 Å². The second kappa shape index (κ2) is 9.28. The van der Waals surface area contributed by atoms with Crippen LogP contribution in [0.1, 0.15) is 24.1 Å². The molecule has 162 valence electrons. The van der Waals surface area contributed by atoms with Gasteiger partial charge in [-0.15, -0.1) is 0 Å². The molecule has 0 saturated heterocycles. The first-order chi connectivity index (χ1) is 15.4. The van der Waals surface area contributed by atoms with Gasteiger partial charge < -0.3 is 4.74 Å². The number of halogens is 2. The Balaban J connectivity index is 1.94. The molecule has 0 unspecified atom stereocenters. The van der Waals surface area contributed by atoms with E-state index in [0.29, 0.717) is 36.2 Å². The SMILES string of the molecule is C=CCOC(=O)C1=C(C)N=c2s/c(=C\c3ccc(Cl)cc3Cl)c(=O)n2[C@@H]1c1ccccc1. The summed E-state index contributed by atoms with van der Waals surface area (Å²) in [5.41, 5.74) is 2.00. The van der Waals surface area contributed by atoms with E-state index in [-0.39, 0.29) is 12.2 Å². The summed E-state index contributed by atoms with van der Waals surface area (Å²) in [4.78, 5) is 31.5. The summed E-state index contributed by atoms with van der Waals surface area (Å²) in [5, 5.41) is 0.948. The third kappa shape index (κ3) is 4.21. The normalized spacial score (nSPS) is 15.8.